The van der Waals surface area contributed by atoms with Crippen molar-refractivity contribution in [2.24, 2.45) is 0 Å². The Bertz CT molecular complexity index is 465. The Hall–Kier alpha value is -1.36. The number of hydrogen-bond acceptors (Lipinski definition) is 2. The van der Waals surface area contributed by atoms with Crippen LogP contribution in [0.3, 0.4) is 0 Å². The van der Waals surface area contributed by atoms with Gasteiger partial charge in [0.05, 0.1) is 0 Å². The third-order valence-corrected chi connectivity index (χ3v) is 3.91. The van der Waals surface area contributed by atoms with E-state index in [9.17, 15) is 9.59 Å². The SMILES string of the molecule is CC(=O)N1CCC(NC(=O)c2ccc(Br)cc2)CC1. The van der Waals surface area contributed by atoms with Gasteiger partial charge < -0.3 is 10.2 Å². The number of nitrogens with zero attached hydrogens (tertiary/aromatic N) is 1. The number of carbonyl (C=O) groups is 2. The number of piperidine rings is 1. The van der Waals surface area contributed by atoms with E-state index < -0.39 is 0 Å². The summed E-state index contributed by atoms with van der Waals surface area (Å²) in [5.41, 5.74) is 0.664. The molecule has 19 heavy (non-hydrogen) atoms. The topological polar surface area (TPSA) is 49.4 Å². The highest BCUT2D eigenvalue weighted by molar-refractivity contribution is 9.10. The van der Waals surface area contributed by atoms with Gasteiger partial charge in [-0.15, -0.1) is 0 Å². The Balaban J connectivity index is 1.87. The van der Waals surface area contributed by atoms with Crippen LogP contribution in [0.25, 0.3) is 0 Å². The summed E-state index contributed by atoms with van der Waals surface area (Å²) in [4.78, 5) is 25.1. The Morgan fingerprint density at radius 2 is 1.79 bits per heavy atom. The maximum absolute atomic E-state index is 12.0. The molecule has 0 spiro atoms. The molecule has 1 heterocycles. The van der Waals surface area contributed by atoms with Gasteiger partial charge in [-0.3, -0.25) is 9.59 Å². The van der Waals surface area contributed by atoms with Crippen molar-refractivity contribution in [1.82, 2.24) is 10.2 Å². The van der Waals surface area contributed by atoms with Crippen molar-refractivity contribution >= 4 is 27.7 Å². The number of amides is 2. The lowest BCUT2D eigenvalue weighted by Crippen LogP contribution is -2.45. The molecule has 1 aliphatic heterocycles. The van der Waals surface area contributed by atoms with Crippen LogP contribution in [0.2, 0.25) is 0 Å². The maximum atomic E-state index is 12.0. The van der Waals surface area contributed by atoms with E-state index in [4.69, 9.17) is 0 Å². The standard InChI is InChI=1S/C14H17BrN2O2/c1-10(18)17-8-6-13(7-9-17)16-14(19)11-2-4-12(15)5-3-11/h2-5,13H,6-9H2,1H3,(H,16,19). The van der Waals surface area contributed by atoms with Crippen LogP contribution in [0.1, 0.15) is 30.1 Å². The second kappa shape index (κ2) is 6.19. The second-order valence-corrected chi connectivity index (χ2v) is 5.68. The predicted octanol–water partition coefficient (Wildman–Crippen LogP) is 2.19. The summed E-state index contributed by atoms with van der Waals surface area (Å²) in [5, 5.41) is 3.02. The summed E-state index contributed by atoms with van der Waals surface area (Å²) in [6, 6.07) is 7.46. The van der Waals surface area contributed by atoms with Crippen LogP contribution in [0, 0.1) is 0 Å². The lowest BCUT2D eigenvalue weighted by molar-refractivity contribution is -0.129. The average Bonchev–Trinajstić information content (AvgIpc) is 2.40. The van der Waals surface area contributed by atoms with Crippen LogP contribution in [-0.2, 0) is 4.79 Å². The minimum absolute atomic E-state index is 0.0474. The van der Waals surface area contributed by atoms with Crippen molar-refractivity contribution in [2.45, 2.75) is 25.8 Å². The molecule has 102 valence electrons. The van der Waals surface area contributed by atoms with Crippen molar-refractivity contribution < 1.29 is 9.59 Å². The molecular weight excluding hydrogens is 308 g/mol. The molecule has 0 radical (unpaired) electrons. The smallest absolute Gasteiger partial charge is 0.251 e. The molecule has 2 amide bonds. The second-order valence-electron chi connectivity index (χ2n) is 4.76. The molecule has 5 heteroatoms. The highest BCUT2D eigenvalue weighted by Crippen LogP contribution is 2.13. The zero-order valence-corrected chi connectivity index (χ0v) is 12.4. The summed E-state index contributed by atoms with van der Waals surface area (Å²) < 4.78 is 0.957. The zero-order valence-electron chi connectivity index (χ0n) is 10.9. The molecular formula is C14H17BrN2O2. The van der Waals surface area contributed by atoms with E-state index in [0.717, 1.165) is 30.4 Å². The molecule has 0 unspecified atom stereocenters. The van der Waals surface area contributed by atoms with E-state index in [1.807, 2.05) is 17.0 Å². The van der Waals surface area contributed by atoms with Gasteiger partial charge in [-0.25, -0.2) is 0 Å². The van der Waals surface area contributed by atoms with Gasteiger partial charge in [0.2, 0.25) is 5.91 Å². The minimum atomic E-state index is -0.0474. The monoisotopic (exact) mass is 324 g/mol. The Morgan fingerprint density at radius 1 is 1.21 bits per heavy atom. The number of halogens is 1. The molecule has 0 bridgehead atoms. The molecule has 1 aromatic rings. The summed E-state index contributed by atoms with van der Waals surface area (Å²) in [6.07, 6.45) is 1.64. The summed E-state index contributed by atoms with van der Waals surface area (Å²) in [7, 11) is 0. The van der Waals surface area contributed by atoms with Crippen molar-refractivity contribution in [3.05, 3.63) is 34.3 Å². The first-order valence-corrected chi connectivity index (χ1v) is 7.17. The Kier molecular flexibility index (Phi) is 4.58. The predicted molar refractivity (Wildman–Crippen MR) is 76.9 cm³/mol. The Labute approximate surface area is 121 Å². The molecule has 4 nitrogen and oxygen atoms in total. The molecule has 0 aliphatic carbocycles. The van der Waals surface area contributed by atoms with Crippen molar-refractivity contribution in [3.8, 4) is 0 Å². The molecule has 1 N–H and O–H groups in total. The first-order valence-electron chi connectivity index (χ1n) is 6.38. The molecule has 1 aromatic carbocycles. The van der Waals surface area contributed by atoms with Gasteiger partial charge in [-0.05, 0) is 37.1 Å². The quantitative estimate of drug-likeness (QED) is 0.906. The first kappa shape index (κ1) is 14.1. The van der Waals surface area contributed by atoms with Gasteiger partial charge in [-0.2, -0.15) is 0 Å². The summed E-state index contributed by atoms with van der Waals surface area (Å²) in [5.74, 6) is 0.0615. The van der Waals surface area contributed by atoms with Crippen molar-refractivity contribution in [2.75, 3.05) is 13.1 Å². The fraction of sp³-hybridized carbons (Fsp3) is 0.429. The summed E-state index contributed by atoms with van der Waals surface area (Å²) in [6.45, 7) is 3.03. The molecule has 1 saturated heterocycles. The highest BCUT2D eigenvalue weighted by atomic mass is 79.9. The average molecular weight is 325 g/mol. The minimum Gasteiger partial charge on any atom is -0.349 e. The summed E-state index contributed by atoms with van der Waals surface area (Å²) >= 11 is 3.34. The third-order valence-electron chi connectivity index (χ3n) is 3.38. The lowest BCUT2D eigenvalue weighted by atomic mass is 10.0. The Morgan fingerprint density at radius 3 is 2.32 bits per heavy atom. The maximum Gasteiger partial charge on any atom is 0.251 e. The molecule has 0 atom stereocenters. The van der Waals surface area contributed by atoms with Crippen LogP contribution in [-0.4, -0.2) is 35.8 Å². The van der Waals surface area contributed by atoms with Crippen LogP contribution < -0.4 is 5.32 Å². The van der Waals surface area contributed by atoms with E-state index in [1.54, 1.807) is 19.1 Å². The number of hydrogen-bond donors (Lipinski definition) is 1. The van der Waals surface area contributed by atoms with Gasteiger partial charge in [-0.1, -0.05) is 15.9 Å². The van der Waals surface area contributed by atoms with Gasteiger partial charge in [0, 0.05) is 36.1 Å². The number of likely N-dealkylation sites (tertiary alicyclic amines) is 1. The van der Waals surface area contributed by atoms with Gasteiger partial charge in [0.25, 0.3) is 5.91 Å². The van der Waals surface area contributed by atoms with E-state index in [0.29, 0.717) is 5.56 Å². The van der Waals surface area contributed by atoms with Gasteiger partial charge in [0.1, 0.15) is 0 Å². The zero-order chi connectivity index (χ0) is 13.8. The van der Waals surface area contributed by atoms with Gasteiger partial charge >= 0.3 is 0 Å². The van der Waals surface area contributed by atoms with Gasteiger partial charge in [0.15, 0.2) is 0 Å². The fourth-order valence-corrected chi connectivity index (χ4v) is 2.47. The molecule has 2 rings (SSSR count). The van der Waals surface area contributed by atoms with Crippen LogP contribution in [0.4, 0.5) is 0 Å². The van der Waals surface area contributed by atoms with E-state index >= 15 is 0 Å². The molecule has 0 saturated carbocycles. The highest BCUT2D eigenvalue weighted by Gasteiger charge is 2.22. The molecule has 1 aliphatic rings. The number of carbonyl (C=O) groups excluding carboxylic acids is 2. The molecule has 1 fully saturated rings. The normalized spacial score (nSPS) is 16.2. The number of rotatable bonds is 2. The fourth-order valence-electron chi connectivity index (χ4n) is 2.21. The number of nitrogens with one attached hydrogen (secondary N) is 1. The first-order chi connectivity index (χ1) is 9.06. The van der Waals surface area contributed by atoms with Crippen molar-refractivity contribution in [1.29, 1.82) is 0 Å². The lowest BCUT2D eigenvalue weighted by Gasteiger charge is -2.31. The number of benzene rings is 1. The van der Waals surface area contributed by atoms with Crippen LogP contribution in [0.5, 0.6) is 0 Å². The molecule has 0 aromatic heterocycles. The van der Waals surface area contributed by atoms with Crippen molar-refractivity contribution in [3.63, 3.8) is 0 Å². The van der Waals surface area contributed by atoms with Crippen LogP contribution in [0.15, 0.2) is 28.7 Å². The van der Waals surface area contributed by atoms with E-state index in [1.165, 1.54) is 0 Å². The third kappa shape index (κ3) is 3.80. The van der Waals surface area contributed by atoms with Crippen LogP contribution >= 0.6 is 15.9 Å². The van der Waals surface area contributed by atoms with E-state index in [2.05, 4.69) is 21.2 Å². The van der Waals surface area contributed by atoms with E-state index in [-0.39, 0.29) is 17.9 Å². The largest absolute Gasteiger partial charge is 0.349 e.